The van der Waals surface area contributed by atoms with Gasteiger partial charge in [0.15, 0.2) is 5.78 Å². The van der Waals surface area contributed by atoms with Crippen LogP contribution in [0.3, 0.4) is 0 Å². The van der Waals surface area contributed by atoms with Crippen LogP contribution in [0.15, 0.2) is 12.5 Å². The van der Waals surface area contributed by atoms with Gasteiger partial charge in [0.25, 0.3) is 0 Å². The van der Waals surface area contributed by atoms with Gasteiger partial charge in [-0.1, -0.05) is 118 Å². The van der Waals surface area contributed by atoms with E-state index in [9.17, 15) is 33.6 Å². The Labute approximate surface area is 408 Å². The number of hydrogen-bond acceptors (Lipinski definition) is 11. The summed E-state index contributed by atoms with van der Waals surface area (Å²) >= 11 is 0. The van der Waals surface area contributed by atoms with Crippen molar-refractivity contribution in [3.05, 3.63) is 18.2 Å². The number of carbonyl (C=O) groups excluding carboxylic acids is 7. The number of ether oxygens (including phenoxy) is 2. The number of imidazole rings is 1. The van der Waals surface area contributed by atoms with Crippen molar-refractivity contribution < 1.29 is 47.3 Å². The molecule has 0 radical (unpaired) electrons. The van der Waals surface area contributed by atoms with E-state index in [1.54, 1.807) is 54.7 Å². The fourth-order valence-electron chi connectivity index (χ4n) is 7.29. The largest absolute Gasteiger partial charge is 0.380 e. The van der Waals surface area contributed by atoms with Crippen molar-refractivity contribution in [2.45, 2.75) is 209 Å². The van der Waals surface area contributed by atoms with Gasteiger partial charge in [-0.05, 0) is 47.0 Å². The number of hydrogen-bond donors (Lipinski definition) is 6. The molecule has 0 spiro atoms. The third-order valence-electron chi connectivity index (χ3n) is 12.0. The first kappa shape index (κ1) is 63.0. The number of nitrogens with one attached hydrogen (secondary N) is 4. The zero-order valence-corrected chi connectivity index (χ0v) is 43.2. The minimum atomic E-state index is -1.29. The van der Waals surface area contributed by atoms with E-state index in [2.05, 4.69) is 32.8 Å². The lowest BCUT2D eigenvalue weighted by atomic mass is 9.71. The number of nitrogens with two attached hydrogens (primary N) is 2. The number of aromatic amines is 1. The maximum atomic E-state index is 13.4. The Kier molecular flexibility index (Phi) is 33.9. The summed E-state index contributed by atoms with van der Waals surface area (Å²) in [5.74, 6) is -2.78. The highest BCUT2D eigenvalue weighted by molar-refractivity contribution is 5.99. The summed E-state index contributed by atoms with van der Waals surface area (Å²) in [4.78, 5) is 94.5. The van der Waals surface area contributed by atoms with Gasteiger partial charge in [-0.15, -0.1) is 0 Å². The topological polar surface area (TPSA) is 255 Å². The summed E-state index contributed by atoms with van der Waals surface area (Å²) in [5.41, 5.74) is 8.76. The summed E-state index contributed by atoms with van der Waals surface area (Å²) in [6.45, 7) is 18.5. The Hall–Kier alpha value is -4.02. The van der Waals surface area contributed by atoms with E-state index >= 15 is 0 Å². The van der Waals surface area contributed by atoms with Crippen molar-refractivity contribution in [3.63, 3.8) is 0 Å². The van der Waals surface area contributed by atoms with E-state index < -0.39 is 40.1 Å². The smallest absolute Gasteiger partial charge is 0.245 e. The minimum absolute atomic E-state index is 0. The molecule has 0 bridgehead atoms. The number of Topliss-reactive ketones (excluding diaryl/α,β-unsaturated/α-hetero) is 3. The number of carbonyl (C=O) groups is 7. The van der Waals surface area contributed by atoms with E-state index in [1.807, 2.05) is 6.92 Å². The molecule has 16 nitrogen and oxygen atoms in total. The second-order valence-electron chi connectivity index (χ2n) is 19.7. The number of primary amides is 1. The van der Waals surface area contributed by atoms with Crippen LogP contribution >= 0.6 is 0 Å². The Balaban J connectivity index is -0.000000713. The molecule has 0 saturated heterocycles. The van der Waals surface area contributed by atoms with Gasteiger partial charge in [0.2, 0.25) is 23.6 Å². The second-order valence-corrected chi connectivity index (χ2v) is 19.7. The summed E-state index contributed by atoms with van der Waals surface area (Å²) < 4.78 is 10.2. The third kappa shape index (κ3) is 30.9. The molecule has 1 rings (SSSR count). The molecule has 0 aliphatic heterocycles. The molecule has 1 heterocycles. The number of H-pyrrole nitrogens is 1. The number of ketones is 3. The van der Waals surface area contributed by atoms with Crippen LogP contribution in [0.25, 0.3) is 0 Å². The van der Waals surface area contributed by atoms with Crippen molar-refractivity contribution >= 4 is 41.0 Å². The molecule has 4 amide bonds. The van der Waals surface area contributed by atoms with Gasteiger partial charge in [0, 0.05) is 91.3 Å². The van der Waals surface area contributed by atoms with Crippen molar-refractivity contribution in [2.24, 2.45) is 28.2 Å². The van der Waals surface area contributed by atoms with E-state index in [1.165, 1.54) is 83.4 Å². The fraction of sp³-hybridized carbons (Fsp3) is 0.804. The van der Waals surface area contributed by atoms with Crippen LogP contribution in [0.2, 0.25) is 0 Å². The standard InChI is InChI=1S/C31H52N6O7.C20H41NO2.3H2/c1-8-44-18-26(41)35-12-10-9-11-20(27(33)42)13-23(38)29(2,3)15-24(39)30(4,5)16-25(40)31(6,7)37-28(43)22(32)14-21-17-34-19-36-21;1-3-5-6-7-8-9-10-11-12-13-14-15-16-17-20(22)21-18-19-23-4-2;;;/h17,19-20,22H,8-16,18,32H2,1-7H3,(H2,33,42)(H,34,36)(H,35,41)(H,37,43);3-19H2,1-2H3,(H,21,22);3*1H/t20-,22+;;;;/m1..../s1. The number of rotatable bonds is 40. The molecule has 0 unspecified atom stereocenters. The van der Waals surface area contributed by atoms with E-state index in [0.29, 0.717) is 64.3 Å². The molecular weight excluding hydrogens is 855 g/mol. The summed E-state index contributed by atoms with van der Waals surface area (Å²) in [6.07, 6.45) is 22.5. The summed E-state index contributed by atoms with van der Waals surface area (Å²) in [5, 5.41) is 8.31. The molecule has 0 aromatic carbocycles. The molecule has 0 aliphatic carbocycles. The average molecular weight is 954 g/mol. The first-order chi connectivity index (χ1) is 31.6. The molecule has 0 saturated carbocycles. The van der Waals surface area contributed by atoms with Crippen LogP contribution in [0.5, 0.6) is 0 Å². The Morgan fingerprint density at radius 3 is 1.76 bits per heavy atom. The molecule has 67 heavy (non-hydrogen) atoms. The molecule has 1 aromatic rings. The fourth-order valence-corrected chi connectivity index (χ4v) is 7.29. The number of unbranched alkanes of at least 4 members (excludes halogenated alkanes) is 13. The van der Waals surface area contributed by atoms with E-state index in [4.69, 9.17) is 20.9 Å². The van der Waals surface area contributed by atoms with Gasteiger partial charge < -0.3 is 41.9 Å². The normalized spacial score (nSPS) is 12.6. The van der Waals surface area contributed by atoms with Crippen LogP contribution in [0.1, 0.15) is 201 Å². The van der Waals surface area contributed by atoms with Crippen LogP contribution in [0.4, 0.5) is 0 Å². The van der Waals surface area contributed by atoms with Crippen molar-refractivity contribution in [2.75, 3.05) is 39.5 Å². The van der Waals surface area contributed by atoms with Crippen LogP contribution in [-0.4, -0.2) is 102 Å². The predicted molar refractivity (Wildman–Crippen MR) is 271 cm³/mol. The maximum absolute atomic E-state index is 13.4. The maximum Gasteiger partial charge on any atom is 0.245 e. The lowest BCUT2D eigenvalue weighted by molar-refractivity contribution is -0.140. The van der Waals surface area contributed by atoms with Gasteiger partial charge in [-0.3, -0.25) is 33.6 Å². The molecule has 2 atom stereocenters. The quantitative estimate of drug-likeness (QED) is 0.0345. The molecule has 16 heteroatoms. The summed E-state index contributed by atoms with van der Waals surface area (Å²) in [6, 6.07) is -0.903. The number of amides is 4. The average Bonchev–Trinajstić information content (AvgIpc) is 3.78. The van der Waals surface area contributed by atoms with Gasteiger partial charge in [-0.2, -0.15) is 0 Å². The van der Waals surface area contributed by atoms with Crippen molar-refractivity contribution in [3.8, 4) is 0 Å². The van der Waals surface area contributed by atoms with Gasteiger partial charge >= 0.3 is 0 Å². The van der Waals surface area contributed by atoms with Gasteiger partial charge in [0.1, 0.15) is 18.2 Å². The monoisotopic (exact) mass is 954 g/mol. The molecular formula is C51H99N7O9. The Morgan fingerprint density at radius 2 is 1.22 bits per heavy atom. The third-order valence-corrected chi connectivity index (χ3v) is 12.0. The van der Waals surface area contributed by atoms with Crippen LogP contribution in [-0.2, 0) is 49.5 Å². The van der Waals surface area contributed by atoms with Gasteiger partial charge in [0.05, 0.1) is 24.5 Å². The van der Waals surface area contributed by atoms with E-state index in [0.717, 1.165) is 6.42 Å². The SMILES string of the molecule is CCCCCCCCCCCCCCCC(=O)NCCOCC.CCOCC(=O)NCCCC[C@H](CC(=O)C(C)(C)CC(=O)C(C)(C)CC(=O)C(C)(C)NC(=O)[C@@H](N)Cc1cnc[nH]1)C(N)=O.[HH].[HH].[HH]. The predicted octanol–water partition coefficient (Wildman–Crippen LogP) is 7.89. The number of nitrogens with zero attached hydrogens (tertiary/aromatic N) is 1. The molecule has 392 valence electrons. The highest BCUT2D eigenvalue weighted by Gasteiger charge is 2.41. The minimum Gasteiger partial charge on any atom is -0.380 e. The summed E-state index contributed by atoms with van der Waals surface area (Å²) in [7, 11) is 0. The van der Waals surface area contributed by atoms with Crippen molar-refractivity contribution in [1.82, 2.24) is 25.9 Å². The highest BCUT2D eigenvalue weighted by Crippen LogP contribution is 2.34. The van der Waals surface area contributed by atoms with E-state index in [-0.39, 0.29) is 65.7 Å². The molecule has 0 aliphatic rings. The Bertz CT molecular complexity index is 1580. The second kappa shape index (κ2) is 36.0. The molecule has 8 N–H and O–H groups in total. The van der Waals surface area contributed by atoms with Gasteiger partial charge in [-0.25, -0.2) is 4.98 Å². The van der Waals surface area contributed by atoms with Crippen LogP contribution < -0.4 is 27.4 Å². The Morgan fingerprint density at radius 1 is 0.687 bits per heavy atom. The van der Waals surface area contributed by atoms with Crippen LogP contribution in [0, 0.1) is 16.7 Å². The zero-order valence-electron chi connectivity index (χ0n) is 43.2. The lowest BCUT2D eigenvalue weighted by Crippen LogP contribution is -2.56. The molecule has 1 aromatic heterocycles. The molecule has 0 fully saturated rings. The highest BCUT2D eigenvalue weighted by atomic mass is 16.5. The first-order valence-corrected chi connectivity index (χ1v) is 25.3. The zero-order chi connectivity index (χ0) is 50.7. The lowest BCUT2D eigenvalue weighted by Gasteiger charge is -2.33. The number of aromatic nitrogens is 2. The first-order valence-electron chi connectivity index (χ1n) is 25.3. The van der Waals surface area contributed by atoms with Crippen molar-refractivity contribution in [1.29, 1.82) is 0 Å².